The molecule has 3 aliphatic heterocycles. The normalized spacial score (nSPS) is 20.6. The van der Waals surface area contributed by atoms with Crippen LogP contribution in [0.1, 0.15) is 39.9 Å². The molecule has 0 bridgehead atoms. The molecule has 3 heterocycles. The maximum atomic E-state index is 13.1. The van der Waals surface area contributed by atoms with Crippen LogP contribution in [-0.4, -0.2) is 91.3 Å². The molecule has 5 rings (SSSR count). The molecule has 0 aromatic heterocycles. The van der Waals surface area contributed by atoms with Crippen molar-refractivity contribution in [2.24, 2.45) is 0 Å². The van der Waals surface area contributed by atoms with Crippen LogP contribution in [0.4, 0.5) is 0 Å². The standard InChI is InChI=1S/C25H23B4N3O5/c26-18-11-17(19(27)10-14(18)12-31-6-8-36-9-7-31)25(28,29)37-21-3-1-2-15-16(21)13-32(24(15)35)20-4-5-22(33)30-23(20)34/h1-3,10-11,20H,4-9,12-13H2,(H,30,33,34). The summed E-state index contributed by atoms with van der Waals surface area (Å²) in [5.74, 6) is -0.877. The second kappa shape index (κ2) is 10.1. The minimum atomic E-state index is -1.85. The zero-order chi connectivity index (χ0) is 26.3. The number of nitrogens with one attached hydrogen (secondary N) is 1. The van der Waals surface area contributed by atoms with Crippen molar-refractivity contribution in [1.82, 2.24) is 15.1 Å². The minimum Gasteiger partial charge on any atom is -0.502 e. The summed E-state index contributed by atoms with van der Waals surface area (Å²) in [6.45, 7) is 3.67. The van der Waals surface area contributed by atoms with E-state index in [9.17, 15) is 14.4 Å². The van der Waals surface area contributed by atoms with Gasteiger partial charge in [0.05, 0.1) is 19.8 Å². The molecule has 2 aromatic carbocycles. The van der Waals surface area contributed by atoms with Crippen molar-refractivity contribution in [2.45, 2.75) is 37.4 Å². The number of fused-ring (bicyclic) bond motifs is 1. The van der Waals surface area contributed by atoms with Crippen LogP contribution >= 0.6 is 0 Å². The Bertz CT molecular complexity index is 1270. The third-order valence-electron chi connectivity index (χ3n) is 7.05. The molecule has 12 heteroatoms. The molecular weight excluding hydrogens is 466 g/mol. The Kier molecular flexibility index (Phi) is 6.98. The van der Waals surface area contributed by atoms with Crippen LogP contribution in [0.2, 0.25) is 0 Å². The Morgan fingerprint density at radius 3 is 2.57 bits per heavy atom. The van der Waals surface area contributed by atoms with Gasteiger partial charge in [0.2, 0.25) is 11.8 Å². The number of ether oxygens (including phenoxy) is 2. The van der Waals surface area contributed by atoms with Gasteiger partial charge in [-0.3, -0.25) is 24.6 Å². The summed E-state index contributed by atoms with van der Waals surface area (Å²) in [4.78, 5) is 40.7. The van der Waals surface area contributed by atoms with Crippen molar-refractivity contribution >= 4 is 60.0 Å². The average molecular weight is 489 g/mol. The first kappa shape index (κ1) is 25.7. The molecule has 180 valence electrons. The lowest BCUT2D eigenvalue weighted by Gasteiger charge is -2.33. The van der Waals surface area contributed by atoms with E-state index in [0.29, 0.717) is 53.1 Å². The van der Waals surface area contributed by atoms with Gasteiger partial charge in [-0.2, -0.15) is 0 Å². The summed E-state index contributed by atoms with van der Waals surface area (Å²) in [6, 6.07) is 7.58. The number of rotatable bonds is 6. The Hall–Kier alpha value is -2.97. The lowest BCUT2D eigenvalue weighted by molar-refractivity contribution is -0.136. The maximum Gasteiger partial charge on any atom is 0.255 e. The molecule has 1 atom stereocenters. The van der Waals surface area contributed by atoms with Gasteiger partial charge in [-0.15, -0.1) is 0 Å². The lowest BCUT2D eigenvalue weighted by atomic mass is 9.57. The third kappa shape index (κ3) is 5.09. The van der Waals surface area contributed by atoms with Gasteiger partial charge in [0.15, 0.2) is 0 Å². The zero-order valence-electron chi connectivity index (χ0n) is 20.4. The Morgan fingerprint density at radius 2 is 1.84 bits per heavy atom. The van der Waals surface area contributed by atoms with Crippen molar-refractivity contribution in [3.05, 3.63) is 52.6 Å². The van der Waals surface area contributed by atoms with Crippen LogP contribution in [-0.2, 0) is 32.8 Å². The van der Waals surface area contributed by atoms with E-state index in [1.54, 1.807) is 30.3 Å². The topological polar surface area (TPSA) is 88.2 Å². The highest BCUT2D eigenvalue weighted by Crippen LogP contribution is 2.35. The van der Waals surface area contributed by atoms with E-state index in [0.717, 1.165) is 18.7 Å². The molecule has 8 nitrogen and oxygen atoms in total. The molecule has 0 aliphatic carbocycles. The third-order valence-corrected chi connectivity index (χ3v) is 7.05. The zero-order valence-corrected chi connectivity index (χ0v) is 20.4. The van der Waals surface area contributed by atoms with Crippen molar-refractivity contribution in [3.8, 4) is 5.75 Å². The van der Waals surface area contributed by atoms with Crippen molar-refractivity contribution in [3.63, 3.8) is 0 Å². The van der Waals surface area contributed by atoms with E-state index in [-0.39, 0.29) is 31.2 Å². The molecule has 0 spiro atoms. The van der Waals surface area contributed by atoms with Crippen LogP contribution in [0.5, 0.6) is 5.75 Å². The fraction of sp³-hybridized carbons (Fsp3) is 0.400. The highest BCUT2D eigenvalue weighted by Gasteiger charge is 2.40. The summed E-state index contributed by atoms with van der Waals surface area (Å²) in [5, 5.41) is 0.440. The number of imide groups is 1. The molecular formula is C25H23B4N3O5. The predicted molar refractivity (Wildman–Crippen MR) is 140 cm³/mol. The van der Waals surface area contributed by atoms with Gasteiger partial charge in [0.25, 0.3) is 5.91 Å². The molecule has 8 radical (unpaired) electrons. The van der Waals surface area contributed by atoms with E-state index >= 15 is 0 Å². The van der Waals surface area contributed by atoms with Gasteiger partial charge in [0.1, 0.15) is 43.2 Å². The molecule has 0 saturated carbocycles. The first-order valence-corrected chi connectivity index (χ1v) is 12.2. The molecule has 3 amide bonds. The number of nitrogens with zero attached hydrogens (tertiary/aromatic N) is 2. The molecule has 2 aromatic rings. The lowest BCUT2D eigenvalue weighted by Crippen LogP contribution is -2.52. The fourth-order valence-electron chi connectivity index (χ4n) is 5.05. The summed E-state index contributed by atoms with van der Waals surface area (Å²) in [7, 11) is 25.5. The number of hydrogen-bond donors (Lipinski definition) is 1. The summed E-state index contributed by atoms with van der Waals surface area (Å²) in [5.41, 5.74) is 2.90. The van der Waals surface area contributed by atoms with E-state index < -0.39 is 17.3 Å². The van der Waals surface area contributed by atoms with Gasteiger partial charge in [0, 0.05) is 42.6 Å². The fourth-order valence-corrected chi connectivity index (χ4v) is 5.05. The minimum absolute atomic E-state index is 0.114. The van der Waals surface area contributed by atoms with Gasteiger partial charge >= 0.3 is 0 Å². The number of hydrogen-bond acceptors (Lipinski definition) is 6. The van der Waals surface area contributed by atoms with Crippen LogP contribution in [0.25, 0.3) is 0 Å². The molecule has 2 saturated heterocycles. The summed E-state index contributed by atoms with van der Waals surface area (Å²) >= 11 is 0. The summed E-state index contributed by atoms with van der Waals surface area (Å²) < 4.78 is 11.4. The Labute approximate surface area is 221 Å². The molecule has 1 N–H and O–H groups in total. The second-order valence-corrected chi connectivity index (χ2v) is 9.60. The first-order valence-electron chi connectivity index (χ1n) is 12.2. The Morgan fingerprint density at radius 1 is 1.08 bits per heavy atom. The highest BCUT2D eigenvalue weighted by atomic mass is 16.5. The number of carbonyl (C=O) groups is 3. The molecule has 1 unspecified atom stereocenters. The first-order chi connectivity index (χ1) is 17.6. The number of piperidine rings is 1. The van der Waals surface area contributed by atoms with E-state index in [1.807, 2.05) is 0 Å². The van der Waals surface area contributed by atoms with Crippen LogP contribution in [0.3, 0.4) is 0 Å². The smallest absolute Gasteiger partial charge is 0.255 e. The second-order valence-electron chi connectivity index (χ2n) is 9.60. The Balaban J connectivity index is 1.37. The number of carbonyl (C=O) groups excluding carboxylic acids is 3. The van der Waals surface area contributed by atoms with Crippen LogP contribution in [0.15, 0.2) is 30.3 Å². The highest BCUT2D eigenvalue weighted by molar-refractivity contribution is 6.44. The van der Waals surface area contributed by atoms with Gasteiger partial charge < -0.3 is 14.4 Å². The monoisotopic (exact) mass is 489 g/mol. The van der Waals surface area contributed by atoms with E-state index in [4.69, 9.17) is 40.9 Å². The summed E-state index contributed by atoms with van der Waals surface area (Å²) in [6.07, 6.45) is 0.418. The van der Waals surface area contributed by atoms with Crippen LogP contribution < -0.4 is 21.0 Å². The largest absolute Gasteiger partial charge is 0.502 e. The number of benzene rings is 2. The SMILES string of the molecule is [B]c1cc(C([B])([B])Oc2cccc3c2CN(C2CCC(=O)NC2=O)C3=O)c([B])cc1CN1CCOCC1. The van der Waals surface area contributed by atoms with Crippen molar-refractivity contribution < 1.29 is 23.9 Å². The average Bonchev–Trinajstić information content (AvgIpc) is 3.19. The molecule has 3 aliphatic rings. The van der Waals surface area contributed by atoms with Gasteiger partial charge in [-0.25, -0.2) is 0 Å². The maximum absolute atomic E-state index is 13.1. The van der Waals surface area contributed by atoms with Crippen molar-refractivity contribution in [2.75, 3.05) is 26.3 Å². The predicted octanol–water partition coefficient (Wildman–Crippen LogP) is -1.61. The van der Waals surface area contributed by atoms with Crippen LogP contribution in [0, 0.1) is 0 Å². The van der Waals surface area contributed by atoms with Gasteiger partial charge in [-0.1, -0.05) is 29.1 Å². The van der Waals surface area contributed by atoms with E-state index in [1.165, 1.54) is 4.90 Å². The molecule has 37 heavy (non-hydrogen) atoms. The van der Waals surface area contributed by atoms with Gasteiger partial charge in [-0.05, 0) is 29.7 Å². The van der Waals surface area contributed by atoms with Crippen molar-refractivity contribution in [1.29, 1.82) is 0 Å². The van der Waals surface area contributed by atoms with E-state index in [2.05, 4.69) is 10.2 Å². The molecule has 2 fully saturated rings. The quantitative estimate of drug-likeness (QED) is 0.389. The number of morpholine rings is 1. The number of amides is 3.